The third-order valence-electron chi connectivity index (χ3n) is 1.90. The van der Waals surface area contributed by atoms with Crippen LogP contribution in [0.1, 0.15) is 4.88 Å². The first kappa shape index (κ1) is 14.4. The van der Waals surface area contributed by atoms with Gasteiger partial charge in [0.2, 0.25) is 0 Å². The summed E-state index contributed by atoms with van der Waals surface area (Å²) < 4.78 is 0. The number of hydroxylamine groups is 2. The molecule has 0 radical (unpaired) electrons. The van der Waals surface area contributed by atoms with Crippen LogP contribution in [0.15, 0.2) is 17.5 Å². The van der Waals surface area contributed by atoms with Gasteiger partial charge in [0, 0.05) is 18.3 Å². The van der Waals surface area contributed by atoms with Crippen molar-refractivity contribution in [1.82, 2.24) is 5.06 Å². The minimum absolute atomic E-state index is 0. The Hall–Kier alpha value is -0.620. The summed E-state index contributed by atoms with van der Waals surface area (Å²) in [5.41, 5.74) is 5.72. The van der Waals surface area contributed by atoms with E-state index in [1.165, 1.54) is 7.11 Å². The summed E-state index contributed by atoms with van der Waals surface area (Å²) in [6.45, 7) is 0. The highest BCUT2D eigenvalue weighted by molar-refractivity contribution is 7.09. The van der Waals surface area contributed by atoms with Crippen molar-refractivity contribution >= 4 is 29.7 Å². The van der Waals surface area contributed by atoms with Crippen LogP contribution in [0.3, 0.4) is 0 Å². The zero-order chi connectivity index (χ0) is 10.6. The first-order valence-electron chi connectivity index (χ1n) is 4.24. The quantitative estimate of drug-likeness (QED) is 0.813. The Labute approximate surface area is 99.4 Å². The number of halogens is 1. The van der Waals surface area contributed by atoms with Gasteiger partial charge in [0.1, 0.15) is 0 Å². The molecule has 6 heteroatoms. The number of nitrogens with two attached hydrogens (primary N) is 1. The van der Waals surface area contributed by atoms with Crippen molar-refractivity contribution in [3.8, 4) is 0 Å². The molecule has 0 saturated carbocycles. The Morgan fingerprint density at radius 3 is 2.87 bits per heavy atom. The summed E-state index contributed by atoms with van der Waals surface area (Å²) in [6.07, 6.45) is 0.560. The molecule has 1 rings (SSSR count). The van der Waals surface area contributed by atoms with Crippen LogP contribution in [0.4, 0.5) is 0 Å². The van der Waals surface area contributed by atoms with Crippen LogP contribution in [0, 0.1) is 0 Å². The molecule has 2 N–H and O–H groups in total. The van der Waals surface area contributed by atoms with E-state index in [9.17, 15) is 4.79 Å². The maximum atomic E-state index is 11.5. The molecule has 0 aliphatic carbocycles. The molecular weight excluding hydrogens is 236 g/mol. The van der Waals surface area contributed by atoms with Gasteiger partial charge < -0.3 is 5.73 Å². The standard InChI is InChI=1S/C9H14N2O2S.ClH/c1-11(13-2)9(12)8(10)6-7-4-3-5-14-7;/h3-5,8H,6,10H2,1-2H3;1H. The second-order valence-corrected chi connectivity index (χ2v) is 3.94. The number of rotatable bonds is 4. The molecule has 1 amide bonds. The van der Waals surface area contributed by atoms with E-state index >= 15 is 0 Å². The molecule has 0 aliphatic heterocycles. The summed E-state index contributed by atoms with van der Waals surface area (Å²) in [6, 6.07) is 3.38. The molecule has 0 bridgehead atoms. The number of hydrogen-bond acceptors (Lipinski definition) is 4. The Morgan fingerprint density at radius 1 is 1.73 bits per heavy atom. The Balaban J connectivity index is 0.00000196. The maximum Gasteiger partial charge on any atom is 0.263 e. The van der Waals surface area contributed by atoms with Crippen LogP contribution in [-0.2, 0) is 16.1 Å². The number of likely N-dealkylation sites (N-methyl/N-ethyl adjacent to an activating group) is 1. The summed E-state index contributed by atoms with van der Waals surface area (Å²) in [5, 5.41) is 3.12. The molecule has 0 aliphatic rings. The number of carbonyl (C=O) groups excluding carboxylic acids is 1. The molecule has 0 saturated heterocycles. The molecular formula is C9H15ClN2O2S. The van der Waals surface area contributed by atoms with Crippen LogP contribution in [-0.4, -0.2) is 31.2 Å². The molecule has 1 aromatic rings. The van der Waals surface area contributed by atoms with E-state index in [0.717, 1.165) is 9.94 Å². The zero-order valence-corrected chi connectivity index (χ0v) is 10.3. The third kappa shape index (κ3) is 4.17. The maximum absolute atomic E-state index is 11.5. The Kier molecular flexibility index (Phi) is 6.51. The average Bonchev–Trinajstić information content (AvgIpc) is 2.68. The summed E-state index contributed by atoms with van der Waals surface area (Å²) in [7, 11) is 2.99. The van der Waals surface area contributed by atoms with Gasteiger partial charge in [0.05, 0.1) is 13.2 Å². The lowest BCUT2D eigenvalue weighted by atomic mass is 10.2. The zero-order valence-electron chi connectivity index (χ0n) is 8.67. The molecule has 1 heterocycles. The molecule has 1 unspecified atom stereocenters. The average molecular weight is 251 g/mol. The number of amides is 1. The second kappa shape index (κ2) is 6.79. The predicted octanol–water partition coefficient (Wildman–Crippen LogP) is 1.06. The van der Waals surface area contributed by atoms with Crippen molar-refractivity contribution in [3.05, 3.63) is 22.4 Å². The first-order valence-corrected chi connectivity index (χ1v) is 5.12. The van der Waals surface area contributed by atoms with E-state index in [1.54, 1.807) is 18.4 Å². The van der Waals surface area contributed by atoms with Gasteiger partial charge in [-0.1, -0.05) is 6.07 Å². The van der Waals surface area contributed by atoms with Crippen molar-refractivity contribution in [2.75, 3.05) is 14.2 Å². The fraction of sp³-hybridized carbons (Fsp3) is 0.444. The van der Waals surface area contributed by atoms with Gasteiger partial charge in [-0.15, -0.1) is 23.7 Å². The minimum Gasteiger partial charge on any atom is -0.320 e. The second-order valence-electron chi connectivity index (χ2n) is 2.91. The number of thiophene rings is 1. The van der Waals surface area contributed by atoms with Gasteiger partial charge in [0.15, 0.2) is 0 Å². The van der Waals surface area contributed by atoms with Crippen molar-refractivity contribution < 1.29 is 9.63 Å². The largest absolute Gasteiger partial charge is 0.320 e. The third-order valence-corrected chi connectivity index (χ3v) is 2.80. The Morgan fingerprint density at radius 2 is 2.40 bits per heavy atom. The molecule has 15 heavy (non-hydrogen) atoms. The van der Waals surface area contributed by atoms with Crippen LogP contribution >= 0.6 is 23.7 Å². The Bertz CT molecular complexity index is 292. The fourth-order valence-corrected chi connectivity index (χ4v) is 1.82. The lowest BCUT2D eigenvalue weighted by Crippen LogP contribution is -2.42. The van der Waals surface area contributed by atoms with Crippen LogP contribution < -0.4 is 5.73 Å². The molecule has 4 nitrogen and oxygen atoms in total. The van der Waals surface area contributed by atoms with E-state index < -0.39 is 6.04 Å². The number of hydrogen-bond donors (Lipinski definition) is 1. The predicted molar refractivity (Wildman–Crippen MR) is 63.0 cm³/mol. The van der Waals surface area contributed by atoms with Gasteiger partial charge in [0.25, 0.3) is 5.91 Å². The van der Waals surface area contributed by atoms with Crippen LogP contribution in [0.5, 0.6) is 0 Å². The SMILES string of the molecule is CON(C)C(=O)C(N)Cc1cccs1.Cl. The van der Waals surface area contributed by atoms with Crippen molar-refractivity contribution in [2.45, 2.75) is 12.5 Å². The summed E-state index contributed by atoms with van der Waals surface area (Å²) >= 11 is 1.60. The topological polar surface area (TPSA) is 55.6 Å². The fourth-order valence-electron chi connectivity index (χ4n) is 1.06. The van der Waals surface area contributed by atoms with Gasteiger partial charge in [-0.05, 0) is 11.4 Å². The van der Waals surface area contributed by atoms with Crippen LogP contribution in [0.25, 0.3) is 0 Å². The number of nitrogens with zero attached hydrogens (tertiary/aromatic N) is 1. The molecule has 0 fully saturated rings. The molecule has 1 aromatic heterocycles. The molecule has 0 aromatic carbocycles. The summed E-state index contributed by atoms with van der Waals surface area (Å²) in [4.78, 5) is 17.3. The number of carbonyl (C=O) groups is 1. The molecule has 0 spiro atoms. The molecule has 1 atom stereocenters. The lowest BCUT2D eigenvalue weighted by Gasteiger charge is -2.17. The lowest BCUT2D eigenvalue weighted by molar-refractivity contribution is -0.170. The van der Waals surface area contributed by atoms with Crippen LogP contribution in [0.2, 0.25) is 0 Å². The van der Waals surface area contributed by atoms with Crippen molar-refractivity contribution in [1.29, 1.82) is 0 Å². The highest BCUT2D eigenvalue weighted by Gasteiger charge is 2.18. The normalized spacial score (nSPS) is 11.7. The van der Waals surface area contributed by atoms with Crippen molar-refractivity contribution in [2.24, 2.45) is 5.73 Å². The summed E-state index contributed by atoms with van der Waals surface area (Å²) in [5.74, 6) is -0.208. The van der Waals surface area contributed by atoms with Gasteiger partial charge >= 0.3 is 0 Å². The van der Waals surface area contributed by atoms with E-state index in [0.29, 0.717) is 6.42 Å². The van der Waals surface area contributed by atoms with Gasteiger partial charge in [-0.3, -0.25) is 9.63 Å². The van der Waals surface area contributed by atoms with Crippen molar-refractivity contribution in [3.63, 3.8) is 0 Å². The molecule has 86 valence electrons. The van der Waals surface area contributed by atoms with E-state index in [-0.39, 0.29) is 18.3 Å². The smallest absolute Gasteiger partial charge is 0.263 e. The first-order chi connectivity index (χ1) is 6.65. The highest BCUT2D eigenvalue weighted by Crippen LogP contribution is 2.11. The van der Waals surface area contributed by atoms with E-state index in [2.05, 4.69) is 0 Å². The van der Waals surface area contributed by atoms with Gasteiger partial charge in [-0.2, -0.15) is 0 Å². The monoisotopic (exact) mass is 250 g/mol. The van der Waals surface area contributed by atoms with Gasteiger partial charge in [-0.25, -0.2) is 5.06 Å². The van der Waals surface area contributed by atoms with E-state index in [4.69, 9.17) is 10.6 Å². The highest BCUT2D eigenvalue weighted by atomic mass is 35.5. The minimum atomic E-state index is -0.529. The van der Waals surface area contributed by atoms with E-state index in [1.807, 2.05) is 17.5 Å².